The predicted octanol–water partition coefficient (Wildman–Crippen LogP) is 3.71. The van der Waals surface area contributed by atoms with Crippen LogP contribution in [0.2, 0.25) is 0 Å². The Kier molecular flexibility index (Phi) is 5.89. The zero-order valence-electron chi connectivity index (χ0n) is 16.3. The third kappa shape index (κ3) is 4.28. The van der Waals surface area contributed by atoms with E-state index in [0.29, 0.717) is 17.2 Å². The lowest BCUT2D eigenvalue weighted by molar-refractivity contribution is -0.114. The average Bonchev–Trinajstić information content (AvgIpc) is 2.98. The number of benzene rings is 1. The van der Waals surface area contributed by atoms with Crippen LogP contribution in [0.4, 0.5) is 11.5 Å². The van der Waals surface area contributed by atoms with Crippen LogP contribution in [0.25, 0.3) is 10.2 Å². The number of carbonyl (C=O) groups excluding carboxylic acids is 2. The molecule has 0 bridgehead atoms. The molecule has 0 unspecified atom stereocenters. The Balaban J connectivity index is 1.76. The Hall–Kier alpha value is -3.00. The van der Waals surface area contributed by atoms with Crippen molar-refractivity contribution >= 4 is 44.9 Å². The van der Waals surface area contributed by atoms with Gasteiger partial charge in [0.1, 0.15) is 21.3 Å². The smallest absolute Gasteiger partial charge is 0.348 e. The summed E-state index contributed by atoms with van der Waals surface area (Å²) < 4.78 is 4.87. The average molecular weight is 398 g/mol. The minimum absolute atomic E-state index is 0.0879. The zero-order valence-corrected chi connectivity index (χ0v) is 17.1. The van der Waals surface area contributed by atoms with E-state index in [-0.39, 0.29) is 11.9 Å². The number of aromatic nitrogens is 2. The number of thiophene rings is 1. The molecule has 1 aromatic carbocycles. The number of ether oxygens (including phenoxy) is 1. The van der Waals surface area contributed by atoms with Crippen LogP contribution in [0.15, 0.2) is 24.3 Å². The molecule has 146 valence electrons. The topological polar surface area (TPSA) is 93.2 Å². The van der Waals surface area contributed by atoms with Crippen LogP contribution in [-0.4, -0.2) is 35.5 Å². The molecular formula is C20H22N4O3S. The Labute approximate surface area is 167 Å². The number of fused-ring (bicyclic) bond motifs is 1. The minimum Gasteiger partial charge on any atom is -0.465 e. The van der Waals surface area contributed by atoms with Gasteiger partial charge in [0, 0.05) is 19.2 Å². The molecule has 3 rings (SSSR count). The summed E-state index contributed by atoms with van der Waals surface area (Å²) >= 11 is 1.32. The second-order valence-corrected chi connectivity index (χ2v) is 7.40. The van der Waals surface area contributed by atoms with Crippen LogP contribution in [-0.2, 0) is 16.0 Å². The number of methoxy groups -OCH3 is 1. The van der Waals surface area contributed by atoms with E-state index in [0.717, 1.165) is 39.3 Å². The van der Waals surface area contributed by atoms with Gasteiger partial charge in [0.25, 0.3) is 0 Å². The van der Waals surface area contributed by atoms with E-state index in [9.17, 15) is 9.59 Å². The van der Waals surface area contributed by atoms with E-state index in [2.05, 4.69) is 20.6 Å². The molecule has 28 heavy (non-hydrogen) atoms. The van der Waals surface area contributed by atoms with E-state index >= 15 is 0 Å². The Morgan fingerprint density at radius 1 is 1.14 bits per heavy atom. The van der Waals surface area contributed by atoms with Crippen LogP contribution in [0.5, 0.6) is 0 Å². The van der Waals surface area contributed by atoms with Crippen molar-refractivity contribution in [3.8, 4) is 0 Å². The standard InChI is InChI=1S/C20H22N4O3S/c1-11-16-18(22-12(2)23-19(16)28-17(11)20(26)27-4)21-10-9-14-5-7-15(8-6-14)24-13(3)25/h5-8H,9-10H2,1-4H3,(H,24,25)(H,21,22,23). The minimum atomic E-state index is -0.358. The van der Waals surface area contributed by atoms with Gasteiger partial charge < -0.3 is 15.4 Å². The number of rotatable bonds is 6. The van der Waals surface area contributed by atoms with Crippen LogP contribution >= 0.6 is 11.3 Å². The van der Waals surface area contributed by atoms with Gasteiger partial charge in [-0.3, -0.25) is 4.79 Å². The molecule has 0 aliphatic carbocycles. The molecule has 7 nitrogen and oxygen atoms in total. The monoisotopic (exact) mass is 398 g/mol. The van der Waals surface area contributed by atoms with Gasteiger partial charge in [-0.25, -0.2) is 14.8 Å². The molecule has 0 saturated carbocycles. The van der Waals surface area contributed by atoms with Crippen molar-refractivity contribution in [3.63, 3.8) is 0 Å². The molecular weight excluding hydrogens is 376 g/mol. The first-order valence-corrected chi connectivity index (χ1v) is 9.67. The van der Waals surface area contributed by atoms with E-state index in [1.807, 2.05) is 38.1 Å². The number of nitrogens with one attached hydrogen (secondary N) is 2. The maximum atomic E-state index is 12.0. The Morgan fingerprint density at radius 2 is 1.86 bits per heavy atom. The number of nitrogens with zero attached hydrogens (tertiary/aromatic N) is 2. The molecule has 8 heteroatoms. The third-order valence-corrected chi connectivity index (χ3v) is 5.42. The fraction of sp³-hybridized carbons (Fsp3) is 0.300. The molecule has 1 amide bonds. The van der Waals surface area contributed by atoms with Crippen LogP contribution < -0.4 is 10.6 Å². The summed E-state index contributed by atoms with van der Waals surface area (Å²) in [7, 11) is 1.37. The van der Waals surface area contributed by atoms with Gasteiger partial charge in [-0.2, -0.15) is 0 Å². The van der Waals surface area contributed by atoms with Crippen LogP contribution in [0.1, 0.15) is 33.5 Å². The molecule has 2 heterocycles. The first kappa shape index (κ1) is 19.8. The van der Waals surface area contributed by atoms with Gasteiger partial charge in [-0.1, -0.05) is 12.1 Å². The van der Waals surface area contributed by atoms with Gasteiger partial charge in [0.15, 0.2) is 0 Å². The fourth-order valence-electron chi connectivity index (χ4n) is 2.94. The highest BCUT2D eigenvalue weighted by Crippen LogP contribution is 2.34. The van der Waals surface area contributed by atoms with Gasteiger partial charge in [-0.05, 0) is 43.5 Å². The summed E-state index contributed by atoms with van der Waals surface area (Å²) in [5.74, 6) is 0.923. The van der Waals surface area contributed by atoms with Gasteiger partial charge in [-0.15, -0.1) is 11.3 Å². The lowest BCUT2D eigenvalue weighted by atomic mass is 10.1. The molecule has 0 fully saturated rings. The maximum absolute atomic E-state index is 12.0. The number of anilines is 2. The van der Waals surface area contributed by atoms with Crippen LogP contribution in [0, 0.1) is 13.8 Å². The number of hydrogen-bond donors (Lipinski definition) is 2. The zero-order chi connectivity index (χ0) is 20.3. The quantitative estimate of drug-likeness (QED) is 0.615. The van der Waals surface area contributed by atoms with Crippen molar-refractivity contribution in [1.82, 2.24) is 9.97 Å². The van der Waals surface area contributed by atoms with Crippen molar-refractivity contribution in [2.75, 3.05) is 24.3 Å². The summed E-state index contributed by atoms with van der Waals surface area (Å²) in [6.07, 6.45) is 0.790. The van der Waals surface area contributed by atoms with Gasteiger partial charge >= 0.3 is 5.97 Å². The molecule has 3 aromatic rings. The molecule has 0 spiro atoms. The molecule has 2 N–H and O–H groups in total. The molecule has 0 aliphatic heterocycles. The van der Waals surface area contributed by atoms with Crippen LogP contribution in [0.3, 0.4) is 0 Å². The highest BCUT2D eigenvalue weighted by atomic mass is 32.1. The normalized spacial score (nSPS) is 10.7. The molecule has 0 atom stereocenters. The van der Waals surface area contributed by atoms with E-state index in [1.54, 1.807) is 0 Å². The second-order valence-electron chi connectivity index (χ2n) is 6.40. The van der Waals surface area contributed by atoms with Crippen molar-refractivity contribution in [2.45, 2.75) is 27.2 Å². The lowest BCUT2D eigenvalue weighted by Gasteiger charge is -2.09. The third-order valence-electron chi connectivity index (χ3n) is 4.25. The molecule has 0 saturated heterocycles. The van der Waals surface area contributed by atoms with Gasteiger partial charge in [0.05, 0.1) is 12.5 Å². The Morgan fingerprint density at radius 3 is 2.50 bits per heavy atom. The van der Waals surface area contributed by atoms with Gasteiger partial charge in [0.2, 0.25) is 5.91 Å². The summed E-state index contributed by atoms with van der Waals surface area (Å²) in [4.78, 5) is 33.4. The maximum Gasteiger partial charge on any atom is 0.348 e. The van der Waals surface area contributed by atoms with Crippen molar-refractivity contribution in [2.24, 2.45) is 0 Å². The van der Waals surface area contributed by atoms with E-state index < -0.39 is 0 Å². The highest BCUT2D eigenvalue weighted by molar-refractivity contribution is 7.20. The summed E-state index contributed by atoms with van der Waals surface area (Å²) in [5, 5.41) is 6.98. The predicted molar refractivity (Wildman–Crippen MR) is 111 cm³/mol. The van der Waals surface area contributed by atoms with Crippen molar-refractivity contribution in [1.29, 1.82) is 0 Å². The SMILES string of the molecule is COC(=O)c1sc2nc(C)nc(NCCc3ccc(NC(C)=O)cc3)c2c1C. The molecule has 0 aliphatic rings. The molecule has 2 aromatic heterocycles. The van der Waals surface area contributed by atoms with Crippen molar-refractivity contribution < 1.29 is 14.3 Å². The fourth-order valence-corrected chi connectivity index (χ4v) is 4.09. The van der Waals surface area contributed by atoms with E-state index in [4.69, 9.17) is 4.74 Å². The van der Waals surface area contributed by atoms with E-state index in [1.165, 1.54) is 25.4 Å². The summed E-state index contributed by atoms with van der Waals surface area (Å²) in [6.45, 7) is 5.88. The number of carbonyl (C=O) groups is 2. The number of aryl methyl sites for hydroxylation is 2. The summed E-state index contributed by atoms with van der Waals surface area (Å²) in [5.41, 5.74) is 2.75. The largest absolute Gasteiger partial charge is 0.465 e. The first-order valence-electron chi connectivity index (χ1n) is 8.85. The highest BCUT2D eigenvalue weighted by Gasteiger charge is 2.20. The molecule has 0 radical (unpaired) electrons. The Bertz CT molecular complexity index is 1030. The first-order chi connectivity index (χ1) is 13.4. The van der Waals surface area contributed by atoms with Crippen molar-refractivity contribution in [3.05, 3.63) is 46.1 Å². The number of hydrogen-bond acceptors (Lipinski definition) is 7. The second kappa shape index (κ2) is 8.35. The lowest BCUT2D eigenvalue weighted by Crippen LogP contribution is -2.09. The number of esters is 1. The number of amides is 1. The summed E-state index contributed by atoms with van der Waals surface area (Å²) in [6, 6.07) is 7.74.